The number of aryl methyl sites for hydroxylation is 1. The van der Waals surface area contributed by atoms with Gasteiger partial charge in [0.2, 0.25) is 0 Å². The maximum absolute atomic E-state index is 13.2. The topological polar surface area (TPSA) is 68.7 Å². The number of carbonyl (C=O) groups is 1. The Labute approximate surface area is 145 Å². The summed E-state index contributed by atoms with van der Waals surface area (Å²) in [6, 6.07) is 10.0. The average molecular weight is 365 g/mol. The number of aliphatic carboxylic acids is 1. The van der Waals surface area contributed by atoms with E-state index in [0.29, 0.717) is 10.6 Å². The molecule has 0 aliphatic carbocycles. The van der Waals surface area contributed by atoms with Crippen LogP contribution in [0.4, 0.5) is 8.78 Å². The molecule has 0 unspecified atom stereocenters. The standard InChI is InChI=1S/C17H13F2NO4S/c1-9-7-10(3-6-13(9)24-17(18,19)16(21)22)15-20-12-5-4-11(23-2)8-14(12)25-15/h3-8H,1-2H3,(H,21,22). The van der Waals surface area contributed by atoms with Crippen LogP contribution in [0.25, 0.3) is 20.8 Å². The van der Waals surface area contributed by atoms with Crippen molar-refractivity contribution >= 4 is 27.5 Å². The second kappa shape index (κ2) is 6.29. The third-order valence-corrected chi connectivity index (χ3v) is 4.57. The number of nitrogens with zero attached hydrogens (tertiary/aromatic N) is 1. The molecule has 0 spiro atoms. The molecule has 0 aliphatic heterocycles. The van der Waals surface area contributed by atoms with Crippen LogP contribution in [-0.4, -0.2) is 29.3 Å². The zero-order valence-electron chi connectivity index (χ0n) is 13.2. The Morgan fingerprint density at radius 3 is 2.64 bits per heavy atom. The molecular weight excluding hydrogens is 352 g/mol. The fourth-order valence-electron chi connectivity index (χ4n) is 2.23. The first-order chi connectivity index (χ1) is 11.8. The van der Waals surface area contributed by atoms with Gasteiger partial charge < -0.3 is 14.6 Å². The van der Waals surface area contributed by atoms with Gasteiger partial charge in [0.15, 0.2) is 0 Å². The normalized spacial score (nSPS) is 11.5. The lowest BCUT2D eigenvalue weighted by molar-refractivity contribution is -0.211. The predicted octanol–water partition coefficient (Wildman–Crippen LogP) is 4.34. The minimum Gasteiger partial charge on any atom is -0.497 e. The van der Waals surface area contributed by atoms with Gasteiger partial charge in [-0.3, -0.25) is 0 Å². The molecule has 8 heteroatoms. The van der Waals surface area contributed by atoms with E-state index in [1.165, 1.54) is 17.4 Å². The smallest absolute Gasteiger partial charge is 0.497 e. The Hall–Kier alpha value is -2.74. The molecule has 3 rings (SSSR count). The molecule has 0 fully saturated rings. The number of methoxy groups -OCH3 is 1. The number of carboxylic acids is 1. The van der Waals surface area contributed by atoms with Gasteiger partial charge in [0.1, 0.15) is 16.5 Å². The van der Waals surface area contributed by atoms with Crippen LogP contribution < -0.4 is 9.47 Å². The Balaban J connectivity index is 1.94. The van der Waals surface area contributed by atoms with E-state index >= 15 is 0 Å². The fraction of sp³-hybridized carbons (Fsp3) is 0.176. The van der Waals surface area contributed by atoms with Crippen LogP contribution in [0.1, 0.15) is 5.56 Å². The lowest BCUT2D eigenvalue weighted by atomic mass is 10.1. The second-order valence-electron chi connectivity index (χ2n) is 5.26. The van der Waals surface area contributed by atoms with Crippen LogP contribution in [0.3, 0.4) is 0 Å². The number of hydrogen-bond acceptors (Lipinski definition) is 5. The summed E-state index contributed by atoms with van der Waals surface area (Å²) in [5, 5.41) is 9.17. The lowest BCUT2D eigenvalue weighted by Crippen LogP contribution is -2.35. The molecule has 2 aromatic carbocycles. The van der Waals surface area contributed by atoms with E-state index in [1.807, 2.05) is 18.2 Å². The maximum Gasteiger partial charge on any atom is 0.501 e. The summed E-state index contributed by atoms with van der Waals surface area (Å²) < 4.78 is 36.8. The molecule has 0 aliphatic rings. The molecule has 0 radical (unpaired) electrons. The second-order valence-corrected chi connectivity index (χ2v) is 6.29. The van der Waals surface area contributed by atoms with Crippen LogP contribution in [0, 0.1) is 6.92 Å². The molecule has 0 bridgehead atoms. The van der Waals surface area contributed by atoms with Gasteiger partial charge in [-0.2, -0.15) is 8.78 Å². The van der Waals surface area contributed by atoms with E-state index in [2.05, 4.69) is 9.72 Å². The highest BCUT2D eigenvalue weighted by molar-refractivity contribution is 7.21. The summed E-state index contributed by atoms with van der Waals surface area (Å²) in [4.78, 5) is 15.0. The van der Waals surface area contributed by atoms with Gasteiger partial charge in [-0.15, -0.1) is 11.3 Å². The van der Waals surface area contributed by atoms with E-state index in [-0.39, 0.29) is 5.75 Å². The third-order valence-electron chi connectivity index (χ3n) is 3.50. The van der Waals surface area contributed by atoms with Gasteiger partial charge in [0, 0.05) is 5.56 Å². The largest absolute Gasteiger partial charge is 0.501 e. The van der Waals surface area contributed by atoms with Crippen LogP contribution in [0.2, 0.25) is 0 Å². The van der Waals surface area contributed by atoms with Gasteiger partial charge in [-0.25, -0.2) is 9.78 Å². The first kappa shape index (κ1) is 17.1. The van der Waals surface area contributed by atoms with E-state index in [4.69, 9.17) is 9.84 Å². The zero-order chi connectivity index (χ0) is 18.2. The minimum absolute atomic E-state index is 0.195. The fourth-order valence-corrected chi connectivity index (χ4v) is 3.22. The molecule has 1 heterocycles. The van der Waals surface area contributed by atoms with E-state index in [9.17, 15) is 13.6 Å². The molecular formula is C17H13F2NO4S. The molecule has 0 atom stereocenters. The van der Waals surface area contributed by atoms with Crippen LogP contribution in [-0.2, 0) is 4.79 Å². The Morgan fingerprint density at radius 2 is 2.00 bits per heavy atom. The van der Waals surface area contributed by atoms with E-state index in [1.54, 1.807) is 26.2 Å². The van der Waals surface area contributed by atoms with Gasteiger partial charge in [-0.1, -0.05) is 0 Å². The number of benzene rings is 2. The van der Waals surface area contributed by atoms with Crippen molar-refractivity contribution in [3.63, 3.8) is 0 Å². The summed E-state index contributed by atoms with van der Waals surface area (Å²) in [5.74, 6) is -1.81. The molecule has 0 saturated heterocycles. The third kappa shape index (κ3) is 3.39. The first-order valence-electron chi connectivity index (χ1n) is 7.16. The molecule has 3 aromatic rings. The number of aromatic nitrogens is 1. The number of thiazole rings is 1. The molecule has 0 saturated carbocycles. The summed E-state index contributed by atoms with van der Waals surface area (Å²) in [6.07, 6.45) is -4.28. The number of alkyl halides is 2. The van der Waals surface area contributed by atoms with Crippen molar-refractivity contribution in [3.05, 3.63) is 42.0 Å². The number of ether oxygens (including phenoxy) is 2. The number of carboxylic acid groups (broad SMARTS) is 1. The molecule has 0 amide bonds. The van der Waals surface area contributed by atoms with Gasteiger partial charge in [0.25, 0.3) is 0 Å². The predicted molar refractivity (Wildman–Crippen MR) is 89.6 cm³/mol. The van der Waals surface area contributed by atoms with Crippen molar-refractivity contribution in [1.82, 2.24) is 4.98 Å². The number of halogens is 2. The van der Waals surface area contributed by atoms with Gasteiger partial charge >= 0.3 is 12.1 Å². The highest BCUT2D eigenvalue weighted by Crippen LogP contribution is 2.35. The lowest BCUT2D eigenvalue weighted by Gasteiger charge is -2.15. The van der Waals surface area contributed by atoms with Crippen molar-refractivity contribution in [3.8, 4) is 22.1 Å². The Morgan fingerprint density at radius 1 is 1.24 bits per heavy atom. The van der Waals surface area contributed by atoms with Crippen molar-refractivity contribution < 1.29 is 28.2 Å². The van der Waals surface area contributed by atoms with Gasteiger partial charge in [-0.05, 0) is 48.9 Å². The van der Waals surface area contributed by atoms with Crippen molar-refractivity contribution in [2.75, 3.05) is 7.11 Å². The summed E-state index contributed by atoms with van der Waals surface area (Å²) in [6.45, 7) is 1.56. The van der Waals surface area contributed by atoms with Crippen molar-refractivity contribution in [2.45, 2.75) is 13.0 Å². The molecule has 5 nitrogen and oxygen atoms in total. The van der Waals surface area contributed by atoms with Crippen LogP contribution in [0.5, 0.6) is 11.5 Å². The molecule has 1 N–H and O–H groups in total. The highest BCUT2D eigenvalue weighted by atomic mass is 32.1. The minimum atomic E-state index is -4.28. The number of fused-ring (bicyclic) bond motifs is 1. The van der Waals surface area contributed by atoms with Crippen LogP contribution in [0.15, 0.2) is 36.4 Å². The number of rotatable bonds is 5. The highest BCUT2D eigenvalue weighted by Gasteiger charge is 2.42. The number of hydrogen-bond donors (Lipinski definition) is 1. The Kier molecular flexibility index (Phi) is 4.30. The van der Waals surface area contributed by atoms with E-state index < -0.39 is 12.1 Å². The first-order valence-corrected chi connectivity index (χ1v) is 7.97. The summed E-state index contributed by atoms with van der Waals surface area (Å²) in [5.41, 5.74) is 1.91. The zero-order valence-corrected chi connectivity index (χ0v) is 14.1. The monoisotopic (exact) mass is 365 g/mol. The molecule has 25 heavy (non-hydrogen) atoms. The van der Waals surface area contributed by atoms with Crippen LogP contribution >= 0.6 is 11.3 Å². The van der Waals surface area contributed by atoms with Gasteiger partial charge in [0.05, 0.1) is 17.3 Å². The molecule has 130 valence electrons. The van der Waals surface area contributed by atoms with Crippen molar-refractivity contribution in [1.29, 1.82) is 0 Å². The SMILES string of the molecule is COc1ccc2nc(-c3ccc(OC(F)(F)C(=O)O)c(C)c3)sc2c1. The van der Waals surface area contributed by atoms with Crippen molar-refractivity contribution in [2.24, 2.45) is 0 Å². The summed E-state index contributed by atoms with van der Waals surface area (Å²) >= 11 is 1.44. The maximum atomic E-state index is 13.2. The Bertz CT molecular complexity index is 955. The quantitative estimate of drug-likeness (QED) is 0.729. The van der Waals surface area contributed by atoms with E-state index in [0.717, 1.165) is 21.5 Å². The molecule has 1 aromatic heterocycles. The summed E-state index contributed by atoms with van der Waals surface area (Å²) in [7, 11) is 1.58. The average Bonchev–Trinajstić information content (AvgIpc) is 2.99.